The summed E-state index contributed by atoms with van der Waals surface area (Å²) in [6.45, 7) is 2.97. The fourth-order valence-corrected chi connectivity index (χ4v) is 3.20. The molecular weight excluding hydrogens is 366 g/mol. The number of nitrogens with one attached hydrogen (secondary N) is 2. The van der Waals surface area contributed by atoms with Gasteiger partial charge in [0, 0.05) is 30.5 Å². The maximum atomic E-state index is 12.0. The minimum atomic E-state index is -0.151. The van der Waals surface area contributed by atoms with Crippen molar-refractivity contribution in [3.05, 3.63) is 29.3 Å². The van der Waals surface area contributed by atoms with Crippen LogP contribution in [0, 0.1) is 0 Å². The van der Waals surface area contributed by atoms with E-state index in [-0.39, 0.29) is 24.7 Å². The average Bonchev–Trinajstić information content (AvgIpc) is 3.14. The van der Waals surface area contributed by atoms with Gasteiger partial charge in [-0.3, -0.25) is 9.59 Å². The van der Waals surface area contributed by atoms with E-state index < -0.39 is 0 Å². The minimum Gasteiger partial charge on any atom is -0.493 e. The van der Waals surface area contributed by atoms with E-state index in [0.29, 0.717) is 30.3 Å². The van der Waals surface area contributed by atoms with E-state index in [2.05, 4.69) is 15.6 Å². The monoisotopic (exact) mass is 391 g/mol. The number of benzene rings is 1. The first-order valence-electron chi connectivity index (χ1n) is 8.77. The molecular formula is C19H25N3O4S. The van der Waals surface area contributed by atoms with Crippen molar-refractivity contribution in [1.82, 2.24) is 15.6 Å². The van der Waals surface area contributed by atoms with Gasteiger partial charge in [0.1, 0.15) is 5.01 Å². The van der Waals surface area contributed by atoms with Crippen LogP contribution in [-0.4, -0.2) is 44.1 Å². The summed E-state index contributed by atoms with van der Waals surface area (Å²) in [5, 5.41) is 8.19. The van der Waals surface area contributed by atoms with Crippen LogP contribution >= 0.6 is 11.3 Å². The Hall–Kier alpha value is -2.61. The second kappa shape index (κ2) is 10.5. The van der Waals surface area contributed by atoms with Crippen LogP contribution in [0.2, 0.25) is 0 Å². The standard InChI is InChI=1S/C19H25N3O4S/c1-4-8-20-17(23)7-9-21-18(24)11-14-12-27-19(22-14)13-5-6-15(25-2)16(10-13)26-3/h5-6,10,12H,4,7-9,11H2,1-3H3,(H,20,23)(H,21,24). The average molecular weight is 391 g/mol. The van der Waals surface area contributed by atoms with Crippen molar-refractivity contribution >= 4 is 23.2 Å². The lowest BCUT2D eigenvalue weighted by Crippen LogP contribution is -2.31. The predicted octanol–water partition coefficient (Wildman–Crippen LogP) is 2.40. The summed E-state index contributed by atoms with van der Waals surface area (Å²) in [6, 6.07) is 5.58. The molecule has 0 saturated carbocycles. The normalized spacial score (nSPS) is 10.3. The number of rotatable bonds is 10. The number of carbonyl (C=O) groups is 2. The first-order chi connectivity index (χ1) is 13.1. The first kappa shape index (κ1) is 20.7. The van der Waals surface area contributed by atoms with E-state index in [1.807, 2.05) is 30.5 Å². The highest BCUT2D eigenvalue weighted by Gasteiger charge is 2.12. The van der Waals surface area contributed by atoms with Gasteiger partial charge in [0.2, 0.25) is 11.8 Å². The molecule has 0 spiro atoms. The highest BCUT2D eigenvalue weighted by atomic mass is 32.1. The fraction of sp³-hybridized carbons (Fsp3) is 0.421. The van der Waals surface area contributed by atoms with Gasteiger partial charge in [0.15, 0.2) is 11.5 Å². The van der Waals surface area contributed by atoms with Crippen LogP contribution in [0.25, 0.3) is 10.6 Å². The number of ether oxygens (including phenoxy) is 2. The van der Waals surface area contributed by atoms with Crippen LogP contribution in [0.4, 0.5) is 0 Å². The molecule has 146 valence electrons. The maximum Gasteiger partial charge on any atom is 0.226 e. The lowest BCUT2D eigenvalue weighted by atomic mass is 10.2. The molecule has 0 fully saturated rings. The molecule has 2 aromatic rings. The summed E-state index contributed by atoms with van der Waals surface area (Å²) in [5.74, 6) is 1.08. The Morgan fingerprint density at radius 1 is 1.07 bits per heavy atom. The maximum absolute atomic E-state index is 12.0. The molecule has 0 atom stereocenters. The number of hydrogen-bond acceptors (Lipinski definition) is 6. The number of amides is 2. The van der Waals surface area contributed by atoms with Crippen molar-refractivity contribution in [2.24, 2.45) is 0 Å². The highest BCUT2D eigenvalue weighted by Crippen LogP contribution is 2.33. The summed E-state index contributed by atoms with van der Waals surface area (Å²) >= 11 is 1.46. The van der Waals surface area contributed by atoms with Crippen molar-refractivity contribution < 1.29 is 19.1 Å². The second-order valence-electron chi connectivity index (χ2n) is 5.84. The summed E-state index contributed by atoms with van der Waals surface area (Å²) in [5.41, 5.74) is 1.59. The SMILES string of the molecule is CCCNC(=O)CCNC(=O)Cc1csc(-c2ccc(OC)c(OC)c2)n1. The van der Waals surface area contributed by atoms with Crippen LogP contribution in [-0.2, 0) is 16.0 Å². The number of aromatic nitrogens is 1. The Morgan fingerprint density at radius 2 is 1.81 bits per heavy atom. The molecule has 1 aromatic heterocycles. The molecule has 27 heavy (non-hydrogen) atoms. The van der Waals surface area contributed by atoms with Crippen molar-refractivity contribution in [2.45, 2.75) is 26.2 Å². The lowest BCUT2D eigenvalue weighted by Gasteiger charge is -2.08. The molecule has 0 radical (unpaired) electrons. The number of hydrogen-bond donors (Lipinski definition) is 2. The van der Waals surface area contributed by atoms with Crippen LogP contribution in [0.3, 0.4) is 0 Å². The first-order valence-corrected chi connectivity index (χ1v) is 9.65. The van der Waals surface area contributed by atoms with Crippen molar-refractivity contribution in [3.63, 3.8) is 0 Å². The van der Waals surface area contributed by atoms with Crippen LogP contribution < -0.4 is 20.1 Å². The lowest BCUT2D eigenvalue weighted by molar-refractivity contribution is -0.122. The zero-order chi connectivity index (χ0) is 19.6. The summed E-state index contributed by atoms with van der Waals surface area (Å²) < 4.78 is 10.6. The third-order valence-corrected chi connectivity index (χ3v) is 4.71. The third-order valence-electron chi connectivity index (χ3n) is 3.77. The molecule has 0 aliphatic heterocycles. The van der Waals surface area contributed by atoms with Gasteiger partial charge in [-0.1, -0.05) is 6.92 Å². The number of methoxy groups -OCH3 is 2. The van der Waals surface area contributed by atoms with Crippen molar-refractivity contribution in [3.8, 4) is 22.1 Å². The van der Waals surface area contributed by atoms with Crippen molar-refractivity contribution in [1.29, 1.82) is 0 Å². The topological polar surface area (TPSA) is 89.6 Å². The molecule has 0 unspecified atom stereocenters. The molecule has 2 amide bonds. The Kier molecular flexibility index (Phi) is 8.06. The molecule has 8 heteroatoms. The molecule has 2 N–H and O–H groups in total. The Morgan fingerprint density at radius 3 is 2.52 bits per heavy atom. The molecule has 1 aromatic carbocycles. The molecule has 0 bridgehead atoms. The predicted molar refractivity (Wildman–Crippen MR) is 105 cm³/mol. The Balaban J connectivity index is 1.88. The molecule has 2 rings (SSSR count). The second-order valence-corrected chi connectivity index (χ2v) is 6.70. The summed E-state index contributed by atoms with van der Waals surface area (Å²) in [4.78, 5) is 28.0. The zero-order valence-corrected chi connectivity index (χ0v) is 16.6. The van der Waals surface area contributed by atoms with Crippen LogP contribution in [0.5, 0.6) is 11.5 Å². The minimum absolute atomic E-state index is 0.0541. The van der Waals surface area contributed by atoms with Gasteiger partial charge in [0.05, 0.1) is 26.3 Å². The number of thiazole rings is 1. The van der Waals surface area contributed by atoms with E-state index in [4.69, 9.17) is 9.47 Å². The highest BCUT2D eigenvalue weighted by molar-refractivity contribution is 7.13. The van der Waals surface area contributed by atoms with Gasteiger partial charge >= 0.3 is 0 Å². The van der Waals surface area contributed by atoms with E-state index in [0.717, 1.165) is 17.0 Å². The Labute approximate surface area is 163 Å². The third kappa shape index (κ3) is 6.25. The van der Waals surface area contributed by atoms with Gasteiger partial charge in [0.25, 0.3) is 0 Å². The van der Waals surface area contributed by atoms with E-state index in [1.165, 1.54) is 11.3 Å². The van der Waals surface area contributed by atoms with Gasteiger partial charge in [-0.25, -0.2) is 4.98 Å². The van der Waals surface area contributed by atoms with E-state index in [1.54, 1.807) is 14.2 Å². The molecule has 7 nitrogen and oxygen atoms in total. The summed E-state index contributed by atoms with van der Waals surface area (Å²) in [7, 11) is 3.17. The number of nitrogens with zero attached hydrogens (tertiary/aromatic N) is 1. The Bertz CT molecular complexity index is 776. The molecule has 0 aliphatic carbocycles. The quantitative estimate of drug-likeness (QED) is 0.649. The largest absolute Gasteiger partial charge is 0.493 e. The van der Waals surface area contributed by atoms with Gasteiger partial charge < -0.3 is 20.1 Å². The molecule has 1 heterocycles. The van der Waals surface area contributed by atoms with Gasteiger partial charge in [-0.05, 0) is 24.6 Å². The molecule has 0 aliphatic rings. The smallest absolute Gasteiger partial charge is 0.226 e. The number of carbonyl (C=O) groups excluding carboxylic acids is 2. The van der Waals surface area contributed by atoms with Gasteiger partial charge in [-0.15, -0.1) is 11.3 Å². The fourth-order valence-electron chi connectivity index (χ4n) is 2.39. The van der Waals surface area contributed by atoms with Crippen LogP contribution in [0.1, 0.15) is 25.5 Å². The van der Waals surface area contributed by atoms with E-state index in [9.17, 15) is 9.59 Å². The van der Waals surface area contributed by atoms with Crippen LogP contribution in [0.15, 0.2) is 23.6 Å². The van der Waals surface area contributed by atoms with E-state index >= 15 is 0 Å². The zero-order valence-electron chi connectivity index (χ0n) is 15.8. The van der Waals surface area contributed by atoms with Gasteiger partial charge in [-0.2, -0.15) is 0 Å². The summed E-state index contributed by atoms with van der Waals surface area (Å²) in [6.07, 6.45) is 1.35. The molecule has 0 saturated heterocycles. The van der Waals surface area contributed by atoms with Crippen molar-refractivity contribution in [2.75, 3.05) is 27.3 Å².